The van der Waals surface area contributed by atoms with Gasteiger partial charge >= 0.3 is 0 Å². The summed E-state index contributed by atoms with van der Waals surface area (Å²) in [5.74, 6) is 0.960. The zero-order valence-electron chi connectivity index (χ0n) is 14.9. The van der Waals surface area contributed by atoms with Crippen molar-refractivity contribution in [3.8, 4) is 0 Å². The maximum atomic E-state index is 3.73. The lowest BCUT2D eigenvalue weighted by atomic mass is 9.84. The normalized spacial score (nSPS) is 24.0. The summed E-state index contributed by atoms with van der Waals surface area (Å²) in [6.45, 7) is 19.0. The van der Waals surface area contributed by atoms with Crippen LogP contribution in [0, 0.1) is 11.3 Å². The van der Waals surface area contributed by atoms with Gasteiger partial charge in [-0.1, -0.05) is 33.6 Å². The molecule has 0 amide bonds. The average molecular weight is 283 g/mol. The molecule has 20 heavy (non-hydrogen) atoms. The van der Waals surface area contributed by atoms with E-state index in [4.69, 9.17) is 0 Å². The van der Waals surface area contributed by atoms with Crippen LogP contribution >= 0.6 is 0 Å². The van der Waals surface area contributed by atoms with Gasteiger partial charge in [-0.25, -0.2) is 0 Å². The van der Waals surface area contributed by atoms with E-state index in [1.165, 1.54) is 51.7 Å². The van der Waals surface area contributed by atoms with Crippen molar-refractivity contribution >= 4 is 0 Å². The molecule has 0 aromatic heterocycles. The van der Waals surface area contributed by atoms with Crippen LogP contribution in [0.25, 0.3) is 0 Å². The molecule has 1 aliphatic heterocycles. The SMILES string of the molecule is CCCC1CCN(CC(C)(CCC)CNC(C)(C)C)C1. The number of hydrogen-bond donors (Lipinski definition) is 1. The number of hydrogen-bond acceptors (Lipinski definition) is 2. The predicted octanol–water partition coefficient (Wildman–Crippen LogP) is 4.30. The van der Waals surface area contributed by atoms with Gasteiger partial charge in [-0.05, 0) is 57.9 Å². The van der Waals surface area contributed by atoms with Crippen LogP contribution in [0.1, 0.15) is 73.6 Å². The molecule has 1 saturated heterocycles. The molecule has 0 aromatic rings. The number of rotatable bonds is 8. The monoisotopic (exact) mass is 282 g/mol. The third kappa shape index (κ3) is 6.58. The minimum Gasteiger partial charge on any atom is -0.311 e. The van der Waals surface area contributed by atoms with Gasteiger partial charge < -0.3 is 10.2 Å². The van der Waals surface area contributed by atoms with E-state index in [-0.39, 0.29) is 5.54 Å². The van der Waals surface area contributed by atoms with Gasteiger partial charge in [0.25, 0.3) is 0 Å². The first-order valence-electron chi connectivity index (χ1n) is 8.75. The third-order valence-electron chi connectivity index (χ3n) is 4.57. The first kappa shape index (κ1) is 18.0. The van der Waals surface area contributed by atoms with E-state index in [9.17, 15) is 0 Å². The molecule has 120 valence electrons. The van der Waals surface area contributed by atoms with Crippen molar-refractivity contribution in [2.24, 2.45) is 11.3 Å². The third-order valence-corrected chi connectivity index (χ3v) is 4.57. The summed E-state index contributed by atoms with van der Waals surface area (Å²) in [5.41, 5.74) is 0.647. The van der Waals surface area contributed by atoms with E-state index in [0.717, 1.165) is 12.5 Å². The van der Waals surface area contributed by atoms with Crippen molar-refractivity contribution in [1.29, 1.82) is 0 Å². The Labute approximate surface area is 127 Å². The number of nitrogens with one attached hydrogen (secondary N) is 1. The minimum absolute atomic E-state index is 0.227. The van der Waals surface area contributed by atoms with Crippen molar-refractivity contribution in [2.75, 3.05) is 26.2 Å². The molecule has 1 fully saturated rings. The molecule has 1 aliphatic rings. The quantitative estimate of drug-likeness (QED) is 0.714. The van der Waals surface area contributed by atoms with Crippen LogP contribution in [0.2, 0.25) is 0 Å². The van der Waals surface area contributed by atoms with Crippen molar-refractivity contribution in [2.45, 2.75) is 79.2 Å². The van der Waals surface area contributed by atoms with Crippen LogP contribution in [0.3, 0.4) is 0 Å². The predicted molar refractivity (Wildman–Crippen MR) is 90.2 cm³/mol. The van der Waals surface area contributed by atoms with Crippen molar-refractivity contribution < 1.29 is 0 Å². The minimum atomic E-state index is 0.227. The lowest BCUT2D eigenvalue weighted by molar-refractivity contribution is 0.157. The summed E-state index contributed by atoms with van der Waals surface area (Å²) >= 11 is 0. The molecule has 2 heteroatoms. The maximum absolute atomic E-state index is 3.73. The topological polar surface area (TPSA) is 15.3 Å². The molecule has 0 bridgehead atoms. The Balaban J connectivity index is 2.49. The summed E-state index contributed by atoms with van der Waals surface area (Å²) in [4.78, 5) is 2.72. The second-order valence-electron chi connectivity index (χ2n) is 8.34. The molecule has 0 aromatic carbocycles. The van der Waals surface area contributed by atoms with Gasteiger partial charge in [-0.2, -0.15) is 0 Å². The Hall–Kier alpha value is -0.0800. The van der Waals surface area contributed by atoms with Gasteiger partial charge in [-0.3, -0.25) is 0 Å². The average Bonchev–Trinajstić information content (AvgIpc) is 2.74. The van der Waals surface area contributed by atoms with E-state index in [0.29, 0.717) is 5.41 Å². The Kier molecular flexibility index (Phi) is 7.00. The van der Waals surface area contributed by atoms with E-state index >= 15 is 0 Å². The van der Waals surface area contributed by atoms with Crippen molar-refractivity contribution in [1.82, 2.24) is 10.2 Å². The fourth-order valence-electron chi connectivity index (χ4n) is 3.55. The summed E-state index contributed by atoms with van der Waals surface area (Å²) in [5, 5.41) is 3.73. The van der Waals surface area contributed by atoms with Crippen LogP contribution in [0.15, 0.2) is 0 Å². The smallest absolute Gasteiger partial charge is 0.00967 e. The van der Waals surface area contributed by atoms with E-state index in [1.54, 1.807) is 0 Å². The van der Waals surface area contributed by atoms with Crippen LogP contribution in [-0.2, 0) is 0 Å². The van der Waals surface area contributed by atoms with Crippen LogP contribution in [0.5, 0.6) is 0 Å². The molecule has 2 nitrogen and oxygen atoms in total. The lowest BCUT2D eigenvalue weighted by Crippen LogP contribution is -2.47. The zero-order valence-corrected chi connectivity index (χ0v) is 14.9. The first-order chi connectivity index (χ1) is 9.28. The summed E-state index contributed by atoms with van der Waals surface area (Å²) in [6, 6.07) is 0. The number of nitrogens with zero attached hydrogens (tertiary/aromatic N) is 1. The molecule has 1 rings (SSSR count). The largest absolute Gasteiger partial charge is 0.311 e. The summed E-state index contributed by atoms with van der Waals surface area (Å²) < 4.78 is 0. The summed E-state index contributed by atoms with van der Waals surface area (Å²) in [7, 11) is 0. The van der Waals surface area contributed by atoms with Gasteiger partial charge in [0.2, 0.25) is 0 Å². The highest BCUT2D eigenvalue weighted by molar-refractivity contribution is 4.86. The van der Waals surface area contributed by atoms with Crippen LogP contribution < -0.4 is 5.32 Å². The van der Waals surface area contributed by atoms with Gasteiger partial charge in [0, 0.05) is 25.2 Å². The highest BCUT2D eigenvalue weighted by Crippen LogP contribution is 2.29. The Morgan fingerprint density at radius 3 is 2.35 bits per heavy atom. The Bertz CT molecular complexity index is 269. The highest BCUT2D eigenvalue weighted by atomic mass is 15.2. The molecule has 0 radical (unpaired) electrons. The van der Waals surface area contributed by atoms with Gasteiger partial charge in [0.1, 0.15) is 0 Å². The van der Waals surface area contributed by atoms with Crippen LogP contribution in [-0.4, -0.2) is 36.6 Å². The molecule has 0 aliphatic carbocycles. The number of likely N-dealkylation sites (tertiary alicyclic amines) is 1. The molecular weight excluding hydrogens is 244 g/mol. The fraction of sp³-hybridized carbons (Fsp3) is 1.00. The second-order valence-corrected chi connectivity index (χ2v) is 8.34. The maximum Gasteiger partial charge on any atom is 0.00967 e. The Morgan fingerprint density at radius 2 is 1.80 bits per heavy atom. The molecule has 1 N–H and O–H groups in total. The molecule has 0 saturated carbocycles. The second kappa shape index (κ2) is 7.79. The lowest BCUT2D eigenvalue weighted by Gasteiger charge is -2.37. The van der Waals surface area contributed by atoms with Crippen LogP contribution in [0.4, 0.5) is 0 Å². The van der Waals surface area contributed by atoms with E-state index in [2.05, 4.69) is 51.8 Å². The van der Waals surface area contributed by atoms with E-state index in [1.807, 2.05) is 0 Å². The molecular formula is C18H38N2. The molecule has 2 unspecified atom stereocenters. The standard InChI is InChI=1S/C18H38N2/c1-7-9-16-10-12-20(13-16)15-18(6,11-8-2)14-19-17(3,4)5/h16,19H,7-15H2,1-6H3. The fourth-order valence-corrected chi connectivity index (χ4v) is 3.55. The van der Waals surface area contributed by atoms with Crippen molar-refractivity contribution in [3.63, 3.8) is 0 Å². The Morgan fingerprint density at radius 1 is 1.10 bits per heavy atom. The summed E-state index contributed by atoms with van der Waals surface area (Å²) in [6.07, 6.45) is 6.79. The van der Waals surface area contributed by atoms with Gasteiger partial charge in [0.05, 0.1) is 0 Å². The zero-order chi connectivity index (χ0) is 15.2. The molecule has 1 heterocycles. The molecule has 2 atom stereocenters. The first-order valence-corrected chi connectivity index (χ1v) is 8.75. The molecule has 0 spiro atoms. The van der Waals surface area contributed by atoms with Gasteiger partial charge in [0.15, 0.2) is 0 Å². The highest BCUT2D eigenvalue weighted by Gasteiger charge is 2.31. The van der Waals surface area contributed by atoms with Gasteiger partial charge in [-0.15, -0.1) is 0 Å². The van der Waals surface area contributed by atoms with Crippen molar-refractivity contribution in [3.05, 3.63) is 0 Å². The van der Waals surface area contributed by atoms with E-state index < -0.39 is 0 Å².